The van der Waals surface area contributed by atoms with Gasteiger partial charge in [-0.25, -0.2) is 0 Å². The molecule has 1 fully saturated rings. The molecule has 1 heterocycles. The number of aryl methyl sites for hydroxylation is 1. The lowest BCUT2D eigenvalue weighted by Gasteiger charge is -2.35. The van der Waals surface area contributed by atoms with Crippen LogP contribution in [0.4, 0.5) is 0 Å². The Hall–Kier alpha value is -2.77. The largest absolute Gasteiger partial charge is 0.493 e. The topological polar surface area (TPSA) is 69.3 Å². The van der Waals surface area contributed by atoms with Gasteiger partial charge in [0.1, 0.15) is 5.75 Å². The van der Waals surface area contributed by atoms with Gasteiger partial charge in [0.2, 0.25) is 0 Å². The van der Waals surface area contributed by atoms with Crippen molar-refractivity contribution in [3.8, 4) is 17.2 Å². The van der Waals surface area contributed by atoms with E-state index in [1.807, 2.05) is 30.3 Å². The Labute approximate surface area is 197 Å². The number of hydrogen-bond acceptors (Lipinski definition) is 6. The third-order valence-corrected chi connectivity index (χ3v) is 6.00. The number of carbonyl (C=O) groups excluding carboxylic acids is 1. The first-order chi connectivity index (χ1) is 15.9. The van der Waals surface area contributed by atoms with Gasteiger partial charge in [-0.1, -0.05) is 26.0 Å². The smallest absolute Gasteiger partial charge is 0.258 e. The van der Waals surface area contributed by atoms with Crippen molar-refractivity contribution in [3.63, 3.8) is 0 Å². The van der Waals surface area contributed by atoms with Crippen molar-refractivity contribution >= 4 is 5.91 Å². The van der Waals surface area contributed by atoms with Crippen LogP contribution in [0.1, 0.15) is 42.5 Å². The van der Waals surface area contributed by atoms with E-state index in [4.69, 9.17) is 18.9 Å². The van der Waals surface area contributed by atoms with Crippen molar-refractivity contribution in [3.05, 3.63) is 53.1 Å². The van der Waals surface area contributed by atoms with Crippen LogP contribution in [-0.2, 0) is 9.53 Å². The molecule has 0 spiro atoms. The predicted octanol–water partition coefficient (Wildman–Crippen LogP) is 3.70. The molecule has 1 aliphatic heterocycles. The standard InChI is InChI=1S/C26H36N2O5/c1-18(2)22-8-7-21(14-19(22)3)33-17-26(29)27-16-23(28-10-12-32-13-11-28)20-6-9-24(30-4)25(15-20)31-5/h6-9,14-15,18,23H,10-13,16-17H2,1-5H3,(H,27,29). The van der Waals surface area contributed by atoms with Gasteiger partial charge in [0.25, 0.3) is 5.91 Å². The molecule has 1 atom stereocenters. The summed E-state index contributed by atoms with van der Waals surface area (Å²) in [6, 6.07) is 11.9. The fourth-order valence-corrected chi connectivity index (χ4v) is 4.20. The van der Waals surface area contributed by atoms with E-state index in [1.165, 1.54) is 11.1 Å². The van der Waals surface area contributed by atoms with Gasteiger partial charge in [-0.15, -0.1) is 0 Å². The molecule has 1 aliphatic rings. The highest BCUT2D eigenvalue weighted by Gasteiger charge is 2.24. The molecule has 0 radical (unpaired) electrons. The summed E-state index contributed by atoms with van der Waals surface area (Å²) in [6.45, 7) is 9.78. The number of morpholine rings is 1. The highest BCUT2D eigenvalue weighted by atomic mass is 16.5. The number of benzene rings is 2. The highest BCUT2D eigenvalue weighted by molar-refractivity contribution is 5.77. The molecular weight excluding hydrogens is 420 g/mol. The minimum Gasteiger partial charge on any atom is -0.493 e. The molecule has 1 amide bonds. The second-order valence-corrected chi connectivity index (χ2v) is 8.54. The molecule has 0 saturated carbocycles. The van der Waals surface area contributed by atoms with Crippen LogP contribution < -0.4 is 19.5 Å². The third kappa shape index (κ3) is 6.62. The van der Waals surface area contributed by atoms with Gasteiger partial charge in [-0.2, -0.15) is 0 Å². The number of hydrogen-bond donors (Lipinski definition) is 1. The summed E-state index contributed by atoms with van der Waals surface area (Å²) >= 11 is 0. The van der Waals surface area contributed by atoms with E-state index < -0.39 is 0 Å². The van der Waals surface area contributed by atoms with Gasteiger partial charge in [0, 0.05) is 19.6 Å². The quantitative estimate of drug-likeness (QED) is 0.588. The normalized spacial score (nSPS) is 15.2. The minimum absolute atomic E-state index is 0.00905. The van der Waals surface area contributed by atoms with Gasteiger partial charge in [-0.3, -0.25) is 9.69 Å². The summed E-state index contributed by atoms with van der Waals surface area (Å²) in [7, 11) is 3.25. The first kappa shape index (κ1) is 24.9. The molecule has 180 valence electrons. The van der Waals surface area contributed by atoms with E-state index in [-0.39, 0.29) is 18.6 Å². The Morgan fingerprint density at radius 2 is 1.79 bits per heavy atom. The monoisotopic (exact) mass is 456 g/mol. The zero-order valence-electron chi connectivity index (χ0n) is 20.3. The van der Waals surface area contributed by atoms with Crippen molar-refractivity contribution in [2.24, 2.45) is 0 Å². The Bertz CT molecular complexity index is 925. The summed E-state index contributed by atoms with van der Waals surface area (Å²) in [4.78, 5) is 14.9. The van der Waals surface area contributed by atoms with Crippen molar-refractivity contribution in [2.75, 3.05) is 53.7 Å². The summed E-state index contributed by atoms with van der Waals surface area (Å²) in [5.41, 5.74) is 3.51. The number of ether oxygens (including phenoxy) is 4. The van der Waals surface area contributed by atoms with Gasteiger partial charge < -0.3 is 24.3 Å². The number of nitrogens with one attached hydrogen (secondary N) is 1. The van der Waals surface area contributed by atoms with E-state index in [2.05, 4.69) is 37.1 Å². The van der Waals surface area contributed by atoms with Crippen LogP contribution in [0, 0.1) is 6.92 Å². The van der Waals surface area contributed by atoms with Crippen molar-refractivity contribution < 1.29 is 23.7 Å². The average molecular weight is 457 g/mol. The van der Waals surface area contributed by atoms with Crippen LogP contribution >= 0.6 is 0 Å². The van der Waals surface area contributed by atoms with E-state index in [0.29, 0.717) is 42.9 Å². The number of rotatable bonds is 10. The van der Waals surface area contributed by atoms with E-state index >= 15 is 0 Å². The maximum absolute atomic E-state index is 12.6. The highest BCUT2D eigenvalue weighted by Crippen LogP contribution is 2.32. The molecule has 33 heavy (non-hydrogen) atoms. The van der Waals surface area contributed by atoms with Crippen LogP contribution in [0.5, 0.6) is 17.2 Å². The fourth-order valence-electron chi connectivity index (χ4n) is 4.20. The first-order valence-corrected chi connectivity index (χ1v) is 11.5. The van der Waals surface area contributed by atoms with Gasteiger partial charge in [0.05, 0.1) is 33.5 Å². The van der Waals surface area contributed by atoms with E-state index in [0.717, 1.165) is 18.7 Å². The van der Waals surface area contributed by atoms with Crippen LogP contribution in [0.2, 0.25) is 0 Å². The number of carbonyl (C=O) groups is 1. The zero-order valence-corrected chi connectivity index (χ0v) is 20.3. The Kier molecular flexibility index (Phi) is 8.97. The van der Waals surface area contributed by atoms with Gasteiger partial charge in [-0.05, 0) is 53.8 Å². The molecule has 3 rings (SSSR count). The van der Waals surface area contributed by atoms with E-state index in [1.54, 1.807) is 14.2 Å². The lowest BCUT2D eigenvalue weighted by Crippen LogP contribution is -2.44. The van der Waals surface area contributed by atoms with Crippen LogP contribution in [0.25, 0.3) is 0 Å². The number of methoxy groups -OCH3 is 2. The molecule has 0 bridgehead atoms. The molecule has 2 aromatic carbocycles. The molecule has 0 aromatic heterocycles. The van der Waals surface area contributed by atoms with E-state index in [9.17, 15) is 4.79 Å². The van der Waals surface area contributed by atoms with Crippen LogP contribution in [0.3, 0.4) is 0 Å². The summed E-state index contributed by atoms with van der Waals surface area (Å²) in [5, 5.41) is 3.04. The SMILES string of the molecule is COc1ccc(C(CNC(=O)COc2ccc(C(C)C)c(C)c2)N2CCOCC2)cc1OC. The molecule has 0 aliphatic carbocycles. The average Bonchev–Trinajstić information content (AvgIpc) is 2.83. The lowest BCUT2D eigenvalue weighted by atomic mass is 9.98. The Morgan fingerprint density at radius 1 is 1.06 bits per heavy atom. The van der Waals surface area contributed by atoms with Crippen LogP contribution in [0.15, 0.2) is 36.4 Å². The second kappa shape index (κ2) is 11.9. The molecular formula is C26H36N2O5. The van der Waals surface area contributed by atoms with Crippen molar-refractivity contribution in [2.45, 2.75) is 32.7 Å². The maximum atomic E-state index is 12.6. The predicted molar refractivity (Wildman–Crippen MR) is 128 cm³/mol. The van der Waals surface area contributed by atoms with Crippen LogP contribution in [-0.4, -0.2) is 64.5 Å². The Morgan fingerprint density at radius 3 is 2.42 bits per heavy atom. The van der Waals surface area contributed by atoms with Crippen molar-refractivity contribution in [1.29, 1.82) is 0 Å². The summed E-state index contributed by atoms with van der Waals surface area (Å²) in [5.74, 6) is 2.35. The lowest BCUT2D eigenvalue weighted by molar-refractivity contribution is -0.123. The second-order valence-electron chi connectivity index (χ2n) is 8.54. The summed E-state index contributed by atoms with van der Waals surface area (Å²) < 4.78 is 22.1. The summed E-state index contributed by atoms with van der Waals surface area (Å²) in [6.07, 6.45) is 0. The molecule has 7 heteroatoms. The van der Waals surface area contributed by atoms with Crippen molar-refractivity contribution in [1.82, 2.24) is 10.2 Å². The number of nitrogens with zero attached hydrogens (tertiary/aromatic N) is 1. The molecule has 1 saturated heterocycles. The number of amides is 1. The third-order valence-electron chi connectivity index (χ3n) is 6.00. The molecule has 1 N–H and O–H groups in total. The molecule has 1 unspecified atom stereocenters. The van der Waals surface area contributed by atoms with Gasteiger partial charge >= 0.3 is 0 Å². The molecule has 2 aromatic rings. The maximum Gasteiger partial charge on any atom is 0.258 e. The first-order valence-electron chi connectivity index (χ1n) is 11.5. The minimum atomic E-state index is -0.153. The van der Waals surface area contributed by atoms with Gasteiger partial charge in [0.15, 0.2) is 18.1 Å². The fraction of sp³-hybridized carbons (Fsp3) is 0.500. The molecule has 7 nitrogen and oxygen atoms in total. The zero-order chi connectivity index (χ0) is 23.8. The Balaban J connectivity index is 1.64.